The van der Waals surface area contributed by atoms with Crippen molar-refractivity contribution < 1.29 is 28.6 Å². The SMILES string of the molecule is C=CC(=O)OC1(C(=O)OCCC)CCCC(C(=O)OCCCCCCCCCCC(C)C)C1. The second kappa shape index (κ2) is 16.7. The van der Waals surface area contributed by atoms with Gasteiger partial charge in [0.2, 0.25) is 5.60 Å². The zero-order valence-electron chi connectivity index (χ0n) is 21.2. The molecule has 0 radical (unpaired) electrons. The van der Waals surface area contributed by atoms with E-state index in [1.54, 1.807) is 0 Å². The van der Waals surface area contributed by atoms with Crippen LogP contribution in [0.5, 0.6) is 0 Å². The van der Waals surface area contributed by atoms with Gasteiger partial charge in [0, 0.05) is 12.5 Å². The van der Waals surface area contributed by atoms with Crippen LogP contribution in [0.4, 0.5) is 0 Å². The van der Waals surface area contributed by atoms with Gasteiger partial charge in [0.25, 0.3) is 0 Å². The molecule has 2 atom stereocenters. The highest BCUT2D eigenvalue weighted by atomic mass is 16.6. The Labute approximate surface area is 200 Å². The van der Waals surface area contributed by atoms with Gasteiger partial charge >= 0.3 is 17.9 Å². The molecule has 6 heteroatoms. The maximum atomic E-state index is 12.7. The van der Waals surface area contributed by atoms with E-state index in [0.29, 0.717) is 32.3 Å². The molecule has 0 saturated heterocycles. The quantitative estimate of drug-likeness (QED) is 0.108. The van der Waals surface area contributed by atoms with Crippen LogP contribution in [0.1, 0.15) is 111 Å². The molecule has 1 saturated carbocycles. The van der Waals surface area contributed by atoms with Crippen LogP contribution in [0.25, 0.3) is 0 Å². The molecule has 1 aliphatic rings. The largest absolute Gasteiger partial charge is 0.465 e. The first kappa shape index (κ1) is 29.2. The van der Waals surface area contributed by atoms with Crippen LogP contribution in [0, 0.1) is 11.8 Å². The van der Waals surface area contributed by atoms with E-state index < -0.39 is 23.5 Å². The lowest BCUT2D eigenvalue weighted by atomic mass is 9.77. The molecule has 0 N–H and O–H groups in total. The predicted molar refractivity (Wildman–Crippen MR) is 130 cm³/mol. The van der Waals surface area contributed by atoms with Gasteiger partial charge in [-0.15, -0.1) is 0 Å². The van der Waals surface area contributed by atoms with Crippen molar-refractivity contribution in [2.75, 3.05) is 13.2 Å². The molecule has 0 heterocycles. The summed E-state index contributed by atoms with van der Waals surface area (Å²) in [6, 6.07) is 0. The van der Waals surface area contributed by atoms with E-state index in [1.807, 2.05) is 6.92 Å². The van der Waals surface area contributed by atoms with E-state index in [4.69, 9.17) is 14.2 Å². The average Bonchev–Trinajstić information content (AvgIpc) is 2.80. The van der Waals surface area contributed by atoms with Crippen LogP contribution < -0.4 is 0 Å². The summed E-state index contributed by atoms with van der Waals surface area (Å²) < 4.78 is 16.2. The van der Waals surface area contributed by atoms with Gasteiger partial charge in [-0.1, -0.05) is 78.7 Å². The molecule has 0 aliphatic heterocycles. The lowest BCUT2D eigenvalue weighted by Crippen LogP contribution is -2.49. The van der Waals surface area contributed by atoms with Crippen LogP contribution >= 0.6 is 0 Å². The third kappa shape index (κ3) is 11.7. The Hall–Kier alpha value is -1.85. The first-order valence-electron chi connectivity index (χ1n) is 13.0. The smallest absolute Gasteiger partial charge is 0.350 e. The minimum atomic E-state index is -1.43. The predicted octanol–water partition coefficient (Wildman–Crippen LogP) is 6.31. The lowest BCUT2D eigenvalue weighted by molar-refractivity contribution is -0.188. The van der Waals surface area contributed by atoms with E-state index >= 15 is 0 Å². The van der Waals surface area contributed by atoms with E-state index in [-0.39, 0.29) is 19.0 Å². The van der Waals surface area contributed by atoms with Crippen LogP contribution in [-0.4, -0.2) is 36.7 Å². The molecule has 0 aromatic heterocycles. The van der Waals surface area contributed by atoms with E-state index in [1.165, 1.54) is 38.5 Å². The number of carbonyl (C=O) groups is 3. The number of ether oxygens (including phenoxy) is 3. The van der Waals surface area contributed by atoms with Crippen molar-refractivity contribution in [1.29, 1.82) is 0 Å². The second-order valence-corrected chi connectivity index (χ2v) is 9.73. The molecule has 190 valence electrons. The molecule has 0 aromatic carbocycles. The first-order chi connectivity index (χ1) is 15.8. The minimum absolute atomic E-state index is 0.102. The number of esters is 3. The standard InChI is InChI=1S/C27H46O6/c1-5-19-32-26(30)27(33-24(28)6-2)18-15-17-23(21-27)25(29)31-20-14-12-10-8-7-9-11-13-16-22(3)4/h6,22-23H,2,5,7-21H2,1,3-4H3. The molecule has 1 fully saturated rings. The Morgan fingerprint density at radius 1 is 0.970 bits per heavy atom. The number of unbranched alkanes of at least 4 members (excludes halogenated alkanes) is 7. The molecule has 2 unspecified atom stereocenters. The fourth-order valence-corrected chi connectivity index (χ4v) is 4.32. The summed E-state index contributed by atoms with van der Waals surface area (Å²) in [7, 11) is 0. The van der Waals surface area contributed by atoms with Crippen molar-refractivity contribution in [2.45, 2.75) is 116 Å². The highest BCUT2D eigenvalue weighted by Gasteiger charge is 2.49. The minimum Gasteiger partial charge on any atom is -0.465 e. The number of carbonyl (C=O) groups excluding carboxylic acids is 3. The fourth-order valence-electron chi connectivity index (χ4n) is 4.32. The third-order valence-electron chi connectivity index (χ3n) is 6.23. The Kier molecular flexibility index (Phi) is 14.8. The topological polar surface area (TPSA) is 78.9 Å². The normalized spacial score (nSPS) is 20.3. The monoisotopic (exact) mass is 466 g/mol. The summed E-state index contributed by atoms with van der Waals surface area (Å²) in [6.07, 6.45) is 14.2. The number of rotatable bonds is 17. The summed E-state index contributed by atoms with van der Waals surface area (Å²) >= 11 is 0. The Morgan fingerprint density at radius 2 is 1.61 bits per heavy atom. The zero-order chi connectivity index (χ0) is 24.5. The molecule has 1 aliphatic carbocycles. The molecule has 0 bridgehead atoms. The molecule has 33 heavy (non-hydrogen) atoms. The van der Waals surface area contributed by atoms with Gasteiger partial charge in [-0.3, -0.25) is 4.79 Å². The molecular weight excluding hydrogens is 420 g/mol. The number of hydrogen-bond acceptors (Lipinski definition) is 6. The van der Waals surface area contributed by atoms with Gasteiger partial charge in [0.15, 0.2) is 0 Å². The second-order valence-electron chi connectivity index (χ2n) is 9.73. The molecular formula is C27H46O6. The molecule has 1 rings (SSSR count). The van der Waals surface area contributed by atoms with Crippen molar-refractivity contribution in [3.8, 4) is 0 Å². The van der Waals surface area contributed by atoms with Gasteiger partial charge in [0.1, 0.15) is 0 Å². The van der Waals surface area contributed by atoms with E-state index in [2.05, 4.69) is 20.4 Å². The molecule has 6 nitrogen and oxygen atoms in total. The summed E-state index contributed by atoms with van der Waals surface area (Å²) in [5, 5.41) is 0. The van der Waals surface area contributed by atoms with Crippen LogP contribution in [-0.2, 0) is 28.6 Å². The molecule has 0 amide bonds. The van der Waals surface area contributed by atoms with E-state index in [0.717, 1.165) is 31.3 Å². The van der Waals surface area contributed by atoms with Gasteiger partial charge in [-0.05, 0) is 38.0 Å². The van der Waals surface area contributed by atoms with Gasteiger partial charge in [-0.25, -0.2) is 9.59 Å². The van der Waals surface area contributed by atoms with Crippen LogP contribution in [0.3, 0.4) is 0 Å². The van der Waals surface area contributed by atoms with Crippen LogP contribution in [0.15, 0.2) is 12.7 Å². The Morgan fingerprint density at radius 3 is 2.21 bits per heavy atom. The molecule has 0 aromatic rings. The summed E-state index contributed by atoms with van der Waals surface area (Å²) in [6.45, 7) is 10.5. The average molecular weight is 467 g/mol. The van der Waals surface area contributed by atoms with Gasteiger partial charge in [0.05, 0.1) is 19.1 Å². The van der Waals surface area contributed by atoms with Crippen molar-refractivity contribution in [1.82, 2.24) is 0 Å². The maximum Gasteiger partial charge on any atom is 0.350 e. The van der Waals surface area contributed by atoms with Gasteiger partial charge < -0.3 is 14.2 Å². The summed E-state index contributed by atoms with van der Waals surface area (Å²) in [5.74, 6) is -1.26. The Bertz CT molecular complexity index is 599. The van der Waals surface area contributed by atoms with Crippen molar-refractivity contribution in [3.05, 3.63) is 12.7 Å². The van der Waals surface area contributed by atoms with Crippen molar-refractivity contribution >= 4 is 17.9 Å². The Balaban J connectivity index is 2.34. The number of hydrogen-bond donors (Lipinski definition) is 0. The van der Waals surface area contributed by atoms with Crippen molar-refractivity contribution in [2.24, 2.45) is 11.8 Å². The molecule has 0 spiro atoms. The van der Waals surface area contributed by atoms with Crippen LogP contribution in [0.2, 0.25) is 0 Å². The fraction of sp³-hybridized carbons (Fsp3) is 0.815. The van der Waals surface area contributed by atoms with Gasteiger partial charge in [-0.2, -0.15) is 0 Å². The first-order valence-corrected chi connectivity index (χ1v) is 13.0. The summed E-state index contributed by atoms with van der Waals surface area (Å²) in [5.41, 5.74) is -1.43. The maximum absolute atomic E-state index is 12.7. The zero-order valence-corrected chi connectivity index (χ0v) is 21.2. The van der Waals surface area contributed by atoms with Crippen molar-refractivity contribution in [3.63, 3.8) is 0 Å². The highest BCUT2D eigenvalue weighted by molar-refractivity contribution is 5.88. The highest BCUT2D eigenvalue weighted by Crippen LogP contribution is 2.37. The lowest BCUT2D eigenvalue weighted by Gasteiger charge is -2.37. The van der Waals surface area contributed by atoms with E-state index in [9.17, 15) is 14.4 Å². The third-order valence-corrected chi connectivity index (χ3v) is 6.23. The summed E-state index contributed by atoms with van der Waals surface area (Å²) in [4.78, 5) is 37.2.